The van der Waals surface area contributed by atoms with E-state index in [4.69, 9.17) is 9.47 Å². The van der Waals surface area contributed by atoms with E-state index < -0.39 is 0 Å². The van der Waals surface area contributed by atoms with Crippen molar-refractivity contribution in [1.29, 1.82) is 0 Å². The maximum atomic E-state index is 12.0. The molecule has 4 nitrogen and oxygen atoms in total. The fraction of sp³-hybridized carbons (Fsp3) is 0.933. The molecule has 110 valence electrons. The molecule has 2 aliphatic heterocycles. The number of hydrogen-bond acceptors (Lipinski definition) is 4. The van der Waals surface area contributed by atoms with Gasteiger partial charge in [-0.05, 0) is 59.5 Å². The van der Waals surface area contributed by atoms with E-state index in [9.17, 15) is 4.79 Å². The highest BCUT2D eigenvalue weighted by Crippen LogP contribution is 2.40. The van der Waals surface area contributed by atoms with Crippen LogP contribution in [0.1, 0.15) is 52.9 Å². The predicted molar refractivity (Wildman–Crippen MR) is 74.1 cm³/mol. The Morgan fingerprint density at radius 1 is 1.32 bits per heavy atom. The number of nitrogens with zero attached hydrogens (tertiary/aromatic N) is 1. The van der Waals surface area contributed by atoms with Crippen molar-refractivity contribution >= 4 is 5.97 Å². The summed E-state index contributed by atoms with van der Waals surface area (Å²) in [7, 11) is 0. The van der Waals surface area contributed by atoms with Gasteiger partial charge < -0.3 is 9.47 Å². The molecule has 2 aliphatic rings. The fourth-order valence-electron chi connectivity index (χ4n) is 3.65. The molecule has 0 aliphatic carbocycles. The zero-order valence-corrected chi connectivity index (χ0v) is 12.5. The highest BCUT2D eigenvalue weighted by Gasteiger charge is 2.47. The van der Waals surface area contributed by atoms with Crippen molar-refractivity contribution in [2.24, 2.45) is 0 Å². The van der Waals surface area contributed by atoms with Gasteiger partial charge in [0.05, 0.1) is 18.6 Å². The smallest absolute Gasteiger partial charge is 0.307 e. The number of carbonyl (C=O) groups is 1. The van der Waals surface area contributed by atoms with Crippen LogP contribution in [0.15, 0.2) is 0 Å². The van der Waals surface area contributed by atoms with Gasteiger partial charge >= 0.3 is 5.97 Å². The van der Waals surface area contributed by atoms with E-state index in [0.29, 0.717) is 13.0 Å². The van der Waals surface area contributed by atoms with Crippen LogP contribution >= 0.6 is 0 Å². The van der Waals surface area contributed by atoms with Crippen molar-refractivity contribution in [2.75, 3.05) is 26.3 Å². The Hall–Kier alpha value is -0.610. The lowest BCUT2D eigenvalue weighted by atomic mass is 9.77. The molecule has 1 unspecified atom stereocenters. The molecule has 2 fully saturated rings. The minimum atomic E-state index is -0.146. The van der Waals surface area contributed by atoms with Gasteiger partial charge in [-0.25, -0.2) is 0 Å². The molecule has 0 amide bonds. The number of carbonyl (C=O) groups excluding carboxylic acids is 1. The molecule has 0 N–H and O–H groups in total. The molecule has 2 rings (SSSR count). The quantitative estimate of drug-likeness (QED) is 0.734. The SMILES string of the molecule is CCOC(=O)CC1(N2CCCC2)CCOC(C)(C)C1. The highest BCUT2D eigenvalue weighted by atomic mass is 16.5. The van der Waals surface area contributed by atoms with Crippen LogP contribution in [0.3, 0.4) is 0 Å². The standard InChI is InChI=1S/C15H27NO3/c1-4-18-13(17)11-15(16-8-5-6-9-16)7-10-19-14(2,3)12-15/h4-12H2,1-3H3. The van der Waals surface area contributed by atoms with E-state index >= 15 is 0 Å². The van der Waals surface area contributed by atoms with Crippen molar-refractivity contribution in [2.45, 2.75) is 64.0 Å². The molecule has 2 heterocycles. The molecule has 0 spiro atoms. The van der Waals surface area contributed by atoms with E-state index in [1.165, 1.54) is 12.8 Å². The maximum Gasteiger partial charge on any atom is 0.307 e. The van der Waals surface area contributed by atoms with Crippen LogP contribution in [0.2, 0.25) is 0 Å². The summed E-state index contributed by atoms with van der Waals surface area (Å²) in [5, 5.41) is 0. The largest absolute Gasteiger partial charge is 0.466 e. The Balaban J connectivity index is 2.14. The Labute approximate surface area is 116 Å². The molecule has 0 saturated carbocycles. The summed E-state index contributed by atoms with van der Waals surface area (Å²) < 4.78 is 11.0. The van der Waals surface area contributed by atoms with Crippen LogP contribution < -0.4 is 0 Å². The number of rotatable bonds is 4. The summed E-state index contributed by atoms with van der Waals surface area (Å²) >= 11 is 0. The second-order valence-electron chi connectivity index (χ2n) is 6.44. The molecule has 0 bridgehead atoms. The second kappa shape index (κ2) is 5.80. The Bertz CT molecular complexity index is 323. The molecular weight excluding hydrogens is 242 g/mol. The van der Waals surface area contributed by atoms with Crippen molar-refractivity contribution in [3.8, 4) is 0 Å². The van der Waals surface area contributed by atoms with Crippen LogP contribution in [0.4, 0.5) is 0 Å². The third-order valence-corrected chi connectivity index (χ3v) is 4.37. The minimum Gasteiger partial charge on any atom is -0.466 e. The normalized spacial score (nSPS) is 31.3. The average Bonchev–Trinajstić information content (AvgIpc) is 2.81. The van der Waals surface area contributed by atoms with E-state index in [0.717, 1.165) is 32.5 Å². The first-order chi connectivity index (χ1) is 8.97. The van der Waals surface area contributed by atoms with Crippen molar-refractivity contribution < 1.29 is 14.3 Å². The molecule has 0 aromatic heterocycles. The first-order valence-electron chi connectivity index (χ1n) is 7.52. The fourth-order valence-corrected chi connectivity index (χ4v) is 3.65. The molecule has 0 aromatic carbocycles. The first kappa shape index (κ1) is 14.8. The van der Waals surface area contributed by atoms with Crippen LogP contribution in [-0.4, -0.2) is 48.3 Å². The Kier molecular flexibility index (Phi) is 4.51. The van der Waals surface area contributed by atoms with Gasteiger partial charge in [0.25, 0.3) is 0 Å². The van der Waals surface area contributed by atoms with Gasteiger partial charge in [-0.15, -0.1) is 0 Å². The predicted octanol–water partition coefficient (Wildman–Crippen LogP) is 2.36. The average molecular weight is 269 g/mol. The lowest BCUT2D eigenvalue weighted by Crippen LogP contribution is -2.56. The Morgan fingerprint density at radius 2 is 2.00 bits per heavy atom. The minimum absolute atomic E-state index is 0.0511. The van der Waals surface area contributed by atoms with Gasteiger partial charge in [0.1, 0.15) is 0 Å². The molecule has 2 saturated heterocycles. The number of likely N-dealkylation sites (tertiary alicyclic amines) is 1. The third-order valence-electron chi connectivity index (χ3n) is 4.37. The highest BCUT2D eigenvalue weighted by molar-refractivity contribution is 5.71. The second-order valence-corrected chi connectivity index (χ2v) is 6.44. The topological polar surface area (TPSA) is 38.8 Å². The van der Waals surface area contributed by atoms with E-state index in [1.54, 1.807) is 0 Å². The lowest BCUT2D eigenvalue weighted by molar-refractivity contribution is -0.155. The summed E-state index contributed by atoms with van der Waals surface area (Å²) in [6.45, 7) is 9.54. The first-order valence-corrected chi connectivity index (χ1v) is 7.52. The zero-order chi connectivity index (χ0) is 13.9. The van der Waals surface area contributed by atoms with Gasteiger partial charge in [-0.2, -0.15) is 0 Å². The van der Waals surface area contributed by atoms with Gasteiger partial charge in [0.2, 0.25) is 0 Å². The molecule has 0 radical (unpaired) electrons. The summed E-state index contributed by atoms with van der Waals surface area (Å²) in [6.07, 6.45) is 4.85. The van der Waals surface area contributed by atoms with Crippen LogP contribution in [0.5, 0.6) is 0 Å². The molecule has 19 heavy (non-hydrogen) atoms. The number of hydrogen-bond donors (Lipinski definition) is 0. The van der Waals surface area contributed by atoms with Crippen LogP contribution in [0, 0.1) is 0 Å². The zero-order valence-electron chi connectivity index (χ0n) is 12.5. The van der Waals surface area contributed by atoms with Gasteiger partial charge in [-0.1, -0.05) is 0 Å². The van der Waals surface area contributed by atoms with Gasteiger partial charge in [-0.3, -0.25) is 9.69 Å². The van der Waals surface area contributed by atoms with E-state index in [1.807, 2.05) is 6.92 Å². The molecular formula is C15H27NO3. The van der Waals surface area contributed by atoms with Crippen molar-refractivity contribution in [1.82, 2.24) is 4.90 Å². The van der Waals surface area contributed by atoms with Crippen molar-refractivity contribution in [3.05, 3.63) is 0 Å². The third kappa shape index (κ3) is 3.48. The molecule has 0 aromatic rings. The summed E-state index contributed by atoms with van der Waals surface area (Å²) in [4.78, 5) is 14.5. The lowest BCUT2D eigenvalue weighted by Gasteiger charge is -2.49. The summed E-state index contributed by atoms with van der Waals surface area (Å²) in [6, 6.07) is 0. The Morgan fingerprint density at radius 3 is 2.58 bits per heavy atom. The summed E-state index contributed by atoms with van der Waals surface area (Å²) in [5.41, 5.74) is -0.197. The monoisotopic (exact) mass is 269 g/mol. The molecule has 4 heteroatoms. The van der Waals surface area contributed by atoms with E-state index in [-0.39, 0.29) is 17.1 Å². The van der Waals surface area contributed by atoms with E-state index in [2.05, 4.69) is 18.7 Å². The van der Waals surface area contributed by atoms with Gasteiger partial charge in [0.15, 0.2) is 0 Å². The van der Waals surface area contributed by atoms with Crippen LogP contribution in [0.25, 0.3) is 0 Å². The van der Waals surface area contributed by atoms with Crippen molar-refractivity contribution in [3.63, 3.8) is 0 Å². The van der Waals surface area contributed by atoms with Crippen LogP contribution in [-0.2, 0) is 14.3 Å². The number of ether oxygens (including phenoxy) is 2. The maximum absolute atomic E-state index is 12.0. The number of esters is 1. The summed E-state index contributed by atoms with van der Waals surface area (Å²) in [5.74, 6) is -0.0629. The van der Waals surface area contributed by atoms with Gasteiger partial charge in [0, 0.05) is 12.1 Å². The molecule has 1 atom stereocenters.